The molecule has 0 bridgehead atoms. The lowest BCUT2D eigenvalue weighted by Gasteiger charge is -2.19. The van der Waals surface area contributed by atoms with Crippen molar-refractivity contribution in [2.45, 2.75) is 107 Å². The average molecular weight is 631 g/mol. The van der Waals surface area contributed by atoms with Crippen LogP contribution < -0.4 is 10.7 Å². The number of aliphatic imine (C=N–C) groups is 2. The normalized spacial score (nSPS) is 17.5. The van der Waals surface area contributed by atoms with Crippen molar-refractivity contribution in [3.63, 3.8) is 0 Å². The first-order valence-corrected chi connectivity index (χ1v) is 17.3. The molecule has 6 nitrogen and oxygen atoms in total. The molecule has 47 heavy (non-hydrogen) atoms. The zero-order valence-electron chi connectivity index (χ0n) is 29.6. The fourth-order valence-electron chi connectivity index (χ4n) is 6.99. The molecule has 0 saturated heterocycles. The Kier molecular flexibility index (Phi) is 10.5. The molecule has 1 aromatic carbocycles. The molecule has 4 heterocycles. The van der Waals surface area contributed by atoms with E-state index < -0.39 is 0 Å². The summed E-state index contributed by atoms with van der Waals surface area (Å²) in [6.07, 6.45) is 11.9. The molecule has 1 amide bonds. The van der Waals surface area contributed by atoms with E-state index >= 15 is 0 Å². The summed E-state index contributed by atoms with van der Waals surface area (Å²) in [5, 5.41) is 2.08. The Morgan fingerprint density at radius 2 is 1.43 bits per heavy atom. The second-order valence-corrected chi connectivity index (χ2v) is 12.6. The van der Waals surface area contributed by atoms with Crippen LogP contribution in [0.2, 0.25) is 0 Å². The number of amides is 1. The maximum atomic E-state index is 12.3. The van der Waals surface area contributed by atoms with Gasteiger partial charge in [0.2, 0.25) is 5.90 Å². The van der Waals surface area contributed by atoms with E-state index in [-0.39, 0.29) is 12.0 Å². The topological polar surface area (TPSA) is 82.6 Å². The number of nitrogens with zero attached hydrogens (tertiary/aromatic N) is 2. The van der Waals surface area contributed by atoms with Crippen LogP contribution in [0.5, 0.6) is 0 Å². The lowest BCUT2D eigenvalue weighted by molar-refractivity contribution is -0.114. The third-order valence-electron chi connectivity index (χ3n) is 9.75. The van der Waals surface area contributed by atoms with Gasteiger partial charge in [0, 0.05) is 33.2 Å². The van der Waals surface area contributed by atoms with Crippen molar-refractivity contribution >= 4 is 35.7 Å². The standard InChI is InChI=1S/C41H50N4O2/c1-10-18-39(28-19-16-15-17-20-28)47-41-27(9)32(14-5)38(45-41)22-34-25(7)30(12-3)36(43-34)23-35-29(11-2)24(6)33(42-35)21-37-31(13-4)26(8)40(46)44-37/h15-17,19-23,39,42-43H,10-14,18H2,1-9H3/b33-21-,35-23-,38-22-/t39-/m1/s1. The zero-order valence-corrected chi connectivity index (χ0v) is 29.6. The first kappa shape index (κ1) is 33.9. The molecular formula is C41H50N4O2. The van der Waals surface area contributed by atoms with Gasteiger partial charge in [-0.3, -0.25) is 4.79 Å². The number of carbonyl (C=O) groups excluding carboxylic acids is 1. The highest BCUT2D eigenvalue weighted by atomic mass is 16.5. The molecule has 2 N–H and O–H groups in total. The average Bonchev–Trinajstić information content (AvgIpc) is 3.73. The molecule has 0 fully saturated rings. The van der Waals surface area contributed by atoms with Gasteiger partial charge >= 0.3 is 0 Å². The van der Waals surface area contributed by atoms with Crippen molar-refractivity contribution in [2.75, 3.05) is 0 Å². The van der Waals surface area contributed by atoms with Crippen molar-refractivity contribution in [1.29, 1.82) is 0 Å². The van der Waals surface area contributed by atoms with Crippen LogP contribution in [-0.4, -0.2) is 27.5 Å². The van der Waals surface area contributed by atoms with Crippen molar-refractivity contribution < 1.29 is 9.53 Å². The molecule has 2 aromatic heterocycles. The second-order valence-electron chi connectivity index (χ2n) is 12.6. The summed E-state index contributed by atoms with van der Waals surface area (Å²) < 4.78 is 6.62. The maximum Gasteiger partial charge on any atom is 0.273 e. The molecule has 246 valence electrons. The van der Waals surface area contributed by atoms with E-state index in [2.05, 4.69) is 107 Å². The molecule has 0 saturated carbocycles. The van der Waals surface area contributed by atoms with Crippen molar-refractivity contribution in [3.8, 4) is 0 Å². The van der Waals surface area contributed by atoms with Gasteiger partial charge in [0.15, 0.2) is 0 Å². The smallest absolute Gasteiger partial charge is 0.273 e. The molecule has 0 aliphatic carbocycles. The number of hydrogen-bond donors (Lipinski definition) is 2. The Morgan fingerprint density at radius 3 is 2.06 bits per heavy atom. The van der Waals surface area contributed by atoms with E-state index in [0.717, 1.165) is 94.6 Å². The summed E-state index contributed by atoms with van der Waals surface area (Å²) in [4.78, 5) is 29.2. The van der Waals surface area contributed by atoms with Gasteiger partial charge in [0.1, 0.15) is 6.10 Å². The zero-order chi connectivity index (χ0) is 33.8. The molecule has 0 radical (unpaired) electrons. The minimum absolute atomic E-state index is 0.0264. The van der Waals surface area contributed by atoms with Crippen molar-refractivity contribution in [1.82, 2.24) is 9.97 Å². The third kappa shape index (κ3) is 6.69. The molecule has 2 aliphatic rings. The Labute approximate surface area is 279 Å². The summed E-state index contributed by atoms with van der Waals surface area (Å²) in [6.45, 7) is 19.2. The second kappa shape index (κ2) is 14.5. The summed E-state index contributed by atoms with van der Waals surface area (Å²) in [7, 11) is 0. The van der Waals surface area contributed by atoms with E-state index in [1.807, 2.05) is 19.1 Å². The lowest BCUT2D eigenvalue weighted by Crippen LogP contribution is -2.14. The van der Waals surface area contributed by atoms with Crippen molar-refractivity contribution in [3.05, 3.63) is 108 Å². The lowest BCUT2D eigenvalue weighted by atomic mass is 10.0. The molecular weight excluding hydrogens is 580 g/mol. The predicted octanol–water partition coefficient (Wildman–Crippen LogP) is 8.44. The highest BCUT2D eigenvalue weighted by Crippen LogP contribution is 2.34. The van der Waals surface area contributed by atoms with Gasteiger partial charge in [0.25, 0.3) is 5.91 Å². The maximum absolute atomic E-state index is 12.3. The Bertz CT molecular complexity index is 1960. The number of nitrogens with one attached hydrogen (secondary N) is 2. The SMILES string of the molecule is CCC[C@@H](OC1=N/C(=C\c2[nH]c(/C=c3\[nH]/c(=C\C4=NC(=O)C(C)=C4CC)c(C)c3CC)c(CC)c2C)C(CC)=C1C)c1ccccc1. The van der Waals surface area contributed by atoms with Crippen LogP contribution >= 0.6 is 0 Å². The number of carbonyl (C=O) groups is 1. The van der Waals surface area contributed by atoms with E-state index in [9.17, 15) is 4.79 Å². The van der Waals surface area contributed by atoms with Gasteiger partial charge in [-0.1, -0.05) is 71.4 Å². The molecule has 3 aromatic rings. The minimum Gasteiger partial charge on any atom is -0.469 e. The molecule has 0 spiro atoms. The van der Waals surface area contributed by atoms with Gasteiger partial charge in [-0.15, -0.1) is 0 Å². The molecule has 1 atom stereocenters. The predicted molar refractivity (Wildman–Crippen MR) is 196 cm³/mol. The van der Waals surface area contributed by atoms with E-state index in [1.165, 1.54) is 33.4 Å². The van der Waals surface area contributed by atoms with Gasteiger partial charge in [-0.2, -0.15) is 0 Å². The van der Waals surface area contributed by atoms with Gasteiger partial charge in [0.05, 0.1) is 11.4 Å². The first-order valence-electron chi connectivity index (χ1n) is 17.3. The van der Waals surface area contributed by atoms with Crippen LogP contribution in [0.3, 0.4) is 0 Å². The highest BCUT2D eigenvalue weighted by Gasteiger charge is 2.25. The van der Waals surface area contributed by atoms with Crippen LogP contribution in [0.15, 0.2) is 68.3 Å². The molecule has 2 aliphatic heterocycles. The van der Waals surface area contributed by atoms with Crippen LogP contribution in [0.1, 0.15) is 119 Å². The Balaban J connectivity index is 1.55. The summed E-state index contributed by atoms with van der Waals surface area (Å²) in [5.41, 5.74) is 14.2. The van der Waals surface area contributed by atoms with Crippen LogP contribution in [-0.2, 0) is 22.4 Å². The highest BCUT2D eigenvalue weighted by molar-refractivity contribution is 6.30. The number of H-pyrrole nitrogens is 2. The van der Waals surface area contributed by atoms with Crippen molar-refractivity contribution in [2.24, 2.45) is 9.98 Å². The molecule has 0 unspecified atom stereocenters. The van der Waals surface area contributed by atoms with Gasteiger partial charge < -0.3 is 14.7 Å². The third-order valence-corrected chi connectivity index (χ3v) is 9.75. The number of ether oxygens (including phenoxy) is 1. The van der Waals surface area contributed by atoms with E-state index in [0.29, 0.717) is 0 Å². The Morgan fingerprint density at radius 1 is 0.723 bits per heavy atom. The Hall–Kier alpha value is -4.45. The number of allylic oxidation sites excluding steroid dienone is 2. The first-order chi connectivity index (χ1) is 22.6. The van der Waals surface area contributed by atoms with E-state index in [1.54, 1.807) is 0 Å². The molecule has 6 heteroatoms. The fraction of sp³-hybridized carbons (Fsp3) is 0.390. The number of benzene rings is 1. The summed E-state index contributed by atoms with van der Waals surface area (Å²) in [6, 6.07) is 10.5. The number of rotatable bonds is 11. The van der Waals surface area contributed by atoms with Gasteiger partial charge in [-0.05, 0) is 117 Å². The quantitative estimate of drug-likeness (QED) is 0.223. The van der Waals surface area contributed by atoms with Crippen LogP contribution in [0, 0.1) is 13.8 Å². The van der Waals surface area contributed by atoms with E-state index in [4.69, 9.17) is 9.73 Å². The van der Waals surface area contributed by atoms with Crippen LogP contribution in [0.4, 0.5) is 0 Å². The van der Waals surface area contributed by atoms with Gasteiger partial charge in [-0.25, -0.2) is 9.98 Å². The fourth-order valence-corrected chi connectivity index (χ4v) is 6.99. The number of aromatic nitrogens is 2. The summed E-state index contributed by atoms with van der Waals surface area (Å²) in [5.74, 6) is 0.597. The molecule has 5 rings (SSSR count). The van der Waals surface area contributed by atoms with Crippen LogP contribution in [0.25, 0.3) is 18.2 Å². The monoisotopic (exact) mass is 630 g/mol. The minimum atomic E-state index is -0.130. The number of aromatic amines is 2. The number of hydrogen-bond acceptors (Lipinski definition) is 3. The summed E-state index contributed by atoms with van der Waals surface area (Å²) >= 11 is 0. The largest absolute Gasteiger partial charge is 0.469 e.